The number of hydrogen-bond acceptors (Lipinski definition) is 1. The van der Waals surface area contributed by atoms with Gasteiger partial charge in [-0.2, -0.15) is 13.2 Å². The second-order valence-corrected chi connectivity index (χ2v) is 4.29. The lowest BCUT2D eigenvalue weighted by Crippen LogP contribution is -2.08. The van der Waals surface area contributed by atoms with E-state index in [0.29, 0.717) is 11.3 Å². The van der Waals surface area contributed by atoms with Crippen molar-refractivity contribution in [2.75, 3.05) is 5.32 Å². The maximum atomic E-state index is 13.2. The Morgan fingerprint density at radius 1 is 0.895 bits per heavy atom. The van der Waals surface area contributed by atoms with Crippen molar-refractivity contribution in [3.8, 4) is 11.1 Å². The molecule has 1 heterocycles. The molecule has 0 radical (unpaired) electrons. The quantitative estimate of drug-likeness (QED) is 0.720. The molecule has 1 nitrogen and oxygen atoms in total. The van der Waals surface area contributed by atoms with E-state index in [-0.39, 0.29) is 5.56 Å². The van der Waals surface area contributed by atoms with Gasteiger partial charge in [-0.15, -0.1) is 0 Å². The van der Waals surface area contributed by atoms with E-state index in [1.165, 1.54) is 6.07 Å². The summed E-state index contributed by atoms with van der Waals surface area (Å²) in [5, 5.41) is 2.90. The van der Waals surface area contributed by atoms with Crippen LogP contribution in [0.3, 0.4) is 0 Å². The first-order valence-corrected chi connectivity index (χ1v) is 5.80. The van der Waals surface area contributed by atoms with Crippen LogP contribution in [-0.2, 0) is 6.18 Å². The van der Waals surface area contributed by atoms with Gasteiger partial charge in [-0.1, -0.05) is 30.3 Å². The minimum Gasteiger partial charge on any atom is -0.361 e. The van der Waals surface area contributed by atoms with Gasteiger partial charge in [-0.3, -0.25) is 0 Å². The molecule has 2 aromatic carbocycles. The van der Waals surface area contributed by atoms with Crippen molar-refractivity contribution in [2.24, 2.45) is 0 Å². The zero-order valence-corrected chi connectivity index (χ0v) is 9.83. The summed E-state index contributed by atoms with van der Waals surface area (Å²) in [5.74, 6) is 0. The third-order valence-corrected chi connectivity index (χ3v) is 3.10. The van der Waals surface area contributed by atoms with Crippen molar-refractivity contribution in [1.29, 1.82) is 0 Å². The van der Waals surface area contributed by atoms with E-state index in [2.05, 4.69) is 5.32 Å². The zero-order valence-electron chi connectivity index (χ0n) is 9.83. The average molecular weight is 261 g/mol. The highest BCUT2D eigenvalue weighted by molar-refractivity contribution is 5.89. The van der Waals surface area contributed by atoms with Gasteiger partial charge in [0.1, 0.15) is 0 Å². The molecule has 19 heavy (non-hydrogen) atoms. The Bertz CT molecular complexity index is 657. The summed E-state index contributed by atoms with van der Waals surface area (Å²) in [5.41, 5.74) is 1.41. The summed E-state index contributed by atoms with van der Waals surface area (Å²) in [6, 6.07) is 11.2. The molecule has 1 aliphatic rings. The van der Waals surface area contributed by atoms with Gasteiger partial charge in [0.2, 0.25) is 0 Å². The summed E-state index contributed by atoms with van der Waals surface area (Å²) in [6.45, 7) is 0. The van der Waals surface area contributed by atoms with Crippen LogP contribution in [0.1, 0.15) is 11.1 Å². The van der Waals surface area contributed by atoms with Crippen LogP contribution in [0.2, 0.25) is 0 Å². The molecule has 0 bridgehead atoms. The number of anilines is 1. The normalized spacial score (nSPS) is 13.2. The van der Waals surface area contributed by atoms with Crippen molar-refractivity contribution in [3.05, 3.63) is 59.8 Å². The van der Waals surface area contributed by atoms with Gasteiger partial charge in [-0.05, 0) is 29.3 Å². The lowest BCUT2D eigenvalue weighted by atomic mass is 9.94. The van der Waals surface area contributed by atoms with Crippen molar-refractivity contribution in [2.45, 2.75) is 6.18 Å². The molecule has 0 atom stereocenters. The van der Waals surface area contributed by atoms with Crippen LogP contribution in [0.5, 0.6) is 0 Å². The van der Waals surface area contributed by atoms with Crippen LogP contribution in [-0.4, -0.2) is 0 Å². The van der Waals surface area contributed by atoms with Gasteiger partial charge >= 0.3 is 6.18 Å². The molecule has 0 saturated carbocycles. The van der Waals surface area contributed by atoms with E-state index in [1.807, 2.05) is 6.07 Å². The minimum absolute atomic E-state index is 0.204. The molecule has 0 amide bonds. The Morgan fingerprint density at radius 2 is 1.68 bits per heavy atom. The number of halogens is 3. The Balaban J connectivity index is 2.36. The molecule has 0 fully saturated rings. The second kappa shape index (κ2) is 4.16. The van der Waals surface area contributed by atoms with Gasteiger partial charge < -0.3 is 5.32 Å². The average Bonchev–Trinajstić information content (AvgIpc) is 2.56. The molecule has 1 aliphatic heterocycles. The molecule has 0 saturated heterocycles. The van der Waals surface area contributed by atoms with Gasteiger partial charge in [-0.25, -0.2) is 0 Å². The van der Waals surface area contributed by atoms with Crippen molar-refractivity contribution in [1.82, 2.24) is 0 Å². The van der Waals surface area contributed by atoms with E-state index in [0.717, 1.165) is 11.6 Å². The highest BCUT2D eigenvalue weighted by Crippen LogP contribution is 2.43. The first-order valence-electron chi connectivity index (χ1n) is 5.80. The Kier molecular flexibility index (Phi) is 2.59. The Morgan fingerprint density at radius 3 is 2.47 bits per heavy atom. The smallest absolute Gasteiger partial charge is 0.361 e. The highest BCUT2D eigenvalue weighted by Gasteiger charge is 2.35. The Hall–Kier alpha value is -2.23. The molecule has 0 aromatic heterocycles. The van der Waals surface area contributed by atoms with E-state index in [9.17, 15) is 13.2 Å². The fourth-order valence-corrected chi connectivity index (χ4v) is 2.29. The van der Waals surface area contributed by atoms with E-state index < -0.39 is 11.7 Å². The van der Waals surface area contributed by atoms with Crippen LogP contribution >= 0.6 is 0 Å². The monoisotopic (exact) mass is 261 g/mol. The zero-order chi connectivity index (χ0) is 13.5. The first kappa shape index (κ1) is 11.8. The number of rotatable bonds is 0. The number of alkyl halides is 3. The summed E-state index contributed by atoms with van der Waals surface area (Å²) in [6.07, 6.45) is -0.940. The van der Waals surface area contributed by atoms with Crippen molar-refractivity contribution >= 4 is 11.8 Å². The molecule has 4 heteroatoms. The molecule has 0 spiro atoms. The summed E-state index contributed by atoms with van der Waals surface area (Å²) in [7, 11) is 0. The third kappa shape index (κ3) is 1.99. The van der Waals surface area contributed by atoms with Gasteiger partial charge in [0, 0.05) is 17.5 Å². The summed E-state index contributed by atoms with van der Waals surface area (Å²) in [4.78, 5) is 0. The predicted molar refractivity (Wildman–Crippen MR) is 69.5 cm³/mol. The predicted octanol–water partition coefficient (Wildman–Crippen LogP) is 4.77. The molecular formula is C15H10F3N. The number of hydrogen-bond donors (Lipinski definition) is 1. The van der Waals surface area contributed by atoms with Crippen LogP contribution in [0.15, 0.2) is 48.7 Å². The third-order valence-electron chi connectivity index (χ3n) is 3.10. The lowest BCUT2D eigenvalue weighted by Gasteiger charge is -2.16. The topological polar surface area (TPSA) is 12.0 Å². The fourth-order valence-electron chi connectivity index (χ4n) is 2.29. The highest BCUT2D eigenvalue weighted by atomic mass is 19.4. The lowest BCUT2D eigenvalue weighted by molar-refractivity contribution is -0.137. The number of fused-ring (bicyclic) bond motifs is 3. The molecular weight excluding hydrogens is 251 g/mol. The minimum atomic E-state index is -4.37. The van der Waals surface area contributed by atoms with Gasteiger partial charge in [0.15, 0.2) is 0 Å². The first-order chi connectivity index (χ1) is 9.07. The number of benzene rings is 2. The Labute approximate surface area is 108 Å². The van der Waals surface area contributed by atoms with Crippen molar-refractivity contribution in [3.63, 3.8) is 0 Å². The second-order valence-electron chi connectivity index (χ2n) is 4.29. The van der Waals surface area contributed by atoms with Crippen molar-refractivity contribution < 1.29 is 13.2 Å². The standard InChI is InChI=1S/C15H10F3N/c16-15(17,18)12-6-3-7-13-14(12)11-5-2-1-4-10(11)8-9-19-13/h1-9,19H. The largest absolute Gasteiger partial charge is 0.417 e. The van der Waals surface area contributed by atoms with Crippen LogP contribution < -0.4 is 5.32 Å². The van der Waals surface area contributed by atoms with Gasteiger partial charge in [0.05, 0.1) is 5.56 Å². The summed E-state index contributed by atoms with van der Waals surface area (Å²) < 4.78 is 39.5. The summed E-state index contributed by atoms with van der Waals surface area (Å²) >= 11 is 0. The van der Waals surface area contributed by atoms with E-state index in [1.54, 1.807) is 36.5 Å². The van der Waals surface area contributed by atoms with E-state index in [4.69, 9.17) is 0 Å². The van der Waals surface area contributed by atoms with Crippen LogP contribution in [0, 0.1) is 0 Å². The maximum absolute atomic E-state index is 13.2. The number of nitrogens with one attached hydrogen (secondary N) is 1. The maximum Gasteiger partial charge on any atom is 0.417 e. The molecule has 3 rings (SSSR count). The van der Waals surface area contributed by atoms with Crippen LogP contribution in [0.25, 0.3) is 17.2 Å². The van der Waals surface area contributed by atoms with E-state index >= 15 is 0 Å². The molecule has 2 aromatic rings. The SMILES string of the molecule is FC(F)(F)c1cccc2c1-c1ccccc1C=CN2. The van der Waals surface area contributed by atoms with Crippen LogP contribution in [0.4, 0.5) is 18.9 Å². The molecule has 0 unspecified atom stereocenters. The molecule has 0 aliphatic carbocycles. The molecule has 1 N–H and O–H groups in total. The molecule has 96 valence electrons. The fraction of sp³-hybridized carbons (Fsp3) is 0.0667. The van der Waals surface area contributed by atoms with Gasteiger partial charge in [0.25, 0.3) is 0 Å².